The van der Waals surface area contributed by atoms with E-state index in [1.807, 2.05) is 31.2 Å². The number of nitrogens with zero attached hydrogens (tertiary/aromatic N) is 1. The highest BCUT2D eigenvalue weighted by Gasteiger charge is 2.14. The number of nitrogens with one attached hydrogen (secondary N) is 1. The first-order chi connectivity index (χ1) is 8.74. The number of para-hydroxylation sites is 1. The fourth-order valence-electron chi connectivity index (χ4n) is 1.75. The number of alkyl halides is 1. The van der Waals surface area contributed by atoms with E-state index in [1.54, 1.807) is 0 Å². The van der Waals surface area contributed by atoms with Crippen molar-refractivity contribution in [2.45, 2.75) is 25.8 Å². The van der Waals surface area contributed by atoms with Crippen LogP contribution >= 0.6 is 11.6 Å². The third-order valence-electron chi connectivity index (χ3n) is 2.82. The second-order valence-electron chi connectivity index (χ2n) is 4.13. The Labute approximate surface area is 110 Å². The molecule has 0 aliphatic heterocycles. The Hall–Kier alpha value is -1.55. The summed E-state index contributed by atoms with van der Waals surface area (Å²) in [6.07, 6.45) is 1.03. The largest absolute Gasteiger partial charge is 0.356 e. The Kier molecular flexibility index (Phi) is 4.20. The number of rotatable bonds is 5. The third kappa shape index (κ3) is 2.82. The zero-order valence-corrected chi connectivity index (χ0v) is 10.9. The summed E-state index contributed by atoms with van der Waals surface area (Å²) < 4.78 is 5.15. The average Bonchev–Trinajstić information content (AvgIpc) is 2.79. The summed E-state index contributed by atoms with van der Waals surface area (Å²) in [6.45, 7) is 1.98. The number of amides is 1. The normalized spacial score (nSPS) is 12.6. The predicted molar refractivity (Wildman–Crippen MR) is 70.7 cm³/mol. The summed E-state index contributed by atoms with van der Waals surface area (Å²) in [5.41, 5.74) is 1.36. The number of benzene rings is 1. The lowest BCUT2D eigenvalue weighted by Gasteiger charge is -2.12. The number of hydrogen-bond donors (Lipinski definition) is 1. The molecule has 5 heteroatoms. The maximum Gasteiger partial charge on any atom is 0.226 e. The maximum absolute atomic E-state index is 11.8. The number of halogens is 1. The van der Waals surface area contributed by atoms with Crippen LogP contribution in [0.5, 0.6) is 0 Å². The van der Waals surface area contributed by atoms with Crippen molar-refractivity contribution in [3.8, 4) is 0 Å². The Balaban J connectivity index is 2.07. The molecule has 1 heterocycles. The first-order valence-electron chi connectivity index (χ1n) is 5.93. The second-order valence-corrected chi connectivity index (χ2v) is 4.44. The highest BCUT2D eigenvalue weighted by atomic mass is 35.5. The quantitative estimate of drug-likeness (QED) is 0.846. The Morgan fingerprint density at radius 2 is 2.28 bits per heavy atom. The van der Waals surface area contributed by atoms with E-state index >= 15 is 0 Å². The molecule has 1 amide bonds. The smallest absolute Gasteiger partial charge is 0.226 e. The summed E-state index contributed by atoms with van der Waals surface area (Å²) in [4.78, 5) is 11.8. The number of fused-ring (bicyclic) bond motifs is 1. The van der Waals surface area contributed by atoms with Crippen LogP contribution in [0, 0.1) is 0 Å². The van der Waals surface area contributed by atoms with Crippen LogP contribution < -0.4 is 5.32 Å². The number of carbonyl (C=O) groups excluding carboxylic acids is 1. The Morgan fingerprint density at radius 1 is 1.50 bits per heavy atom. The Bertz CT molecular complexity index is 535. The lowest BCUT2D eigenvalue weighted by Crippen LogP contribution is -2.36. The minimum Gasteiger partial charge on any atom is -0.356 e. The number of hydrogen-bond acceptors (Lipinski definition) is 3. The van der Waals surface area contributed by atoms with E-state index in [1.165, 1.54) is 0 Å². The Morgan fingerprint density at radius 3 is 3.00 bits per heavy atom. The molecule has 0 saturated heterocycles. The molecule has 1 atom stereocenters. The zero-order valence-electron chi connectivity index (χ0n) is 10.1. The van der Waals surface area contributed by atoms with E-state index in [9.17, 15) is 4.79 Å². The highest BCUT2D eigenvalue weighted by Crippen LogP contribution is 2.18. The van der Waals surface area contributed by atoms with E-state index in [2.05, 4.69) is 10.5 Å². The van der Waals surface area contributed by atoms with Gasteiger partial charge in [-0.05, 0) is 18.6 Å². The van der Waals surface area contributed by atoms with Crippen molar-refractivity contribution in [2.24, 2.45) is 0 Å². The van der Waals surface area contributed by atoms with Crippen LogP contribution in [0.4, 0.5) is 0 Å². The zero-order chi connectivity index (χ0) is 13.0. The van der Waals surface area contributed by atoms with E-state index in [0.29, 0.717) is 17.2 Å². The topological polar surface area (TPSA) is 55.1 Å². The van der Waals surface area contributed by atoms with Crippen molar-refractivity contribution >= 4 is 28.5 Å². The molecule has 96 valence electrons. The molecule has 0 radical (unpaired) electrons. The van der Waals surface area contributed by atoms with Crippen LogP contribution in [-0.2, 0) is 11.2 Å². The molecule has 2 aromatic rings. The first-order valence-corrected chi connectivity index (χ1v) is 6.46. The predicted octanol–water partition coefficient (Wildman–Crippen LogP) is 2.50. The second kappa shape index (κ2) is 5.87. The molecule has 4 nitrogen and oxygen atoms in total. The molecule has 0 fully saturated rings. The van der Waals surface area contributed by atoms with Gasteiger partial charge in [0, 0.05) is 17.3 Å². The van der Waals surface area contributed by atoms with Gasteiger partial charge in [-0.25, -0.2) is 0 Å². The molecular weight excluding hydrogens is 252 g/mol. The molecule has 0 aliphatic rings. The van der Waals surface area contributed by atoms with Crippen LogP contribution in [0.2, 0.25) is 0 Å². The molecule has 0 saturated carbocycles. The summed E-state index contributed by atoms with van der Waals surface area (Å²) in [5.74, 6) is 0.337. The van der Waals surface area contributed by atoms with E-state index in [4.69, 9.17) is 16.1 Å². The lowest BCUT2D eigenvalue weighted by molar-refractivity contribution is -0.121. The van der Waals surface area contributed by atoms with Gasteiger partial charge in [-0.1, -0.05) is 24.2 Å². The molecule has 1 N–H and O–H groups in total. The van der Waals surface area contributed by atoms with Crippen molar-refractivity contribution in [1.82, 2.24) is 10.5 Å². The van der Waals surface area contributed by atoms with Gasteiger partial charge in [-0.3, -0.25) is 4.79 Å². The number of aromatic nitrogens is 1. The van der Waals surface area contributed by atoms with Gasteiger partial charge < -0.3 is 9.84 Å². The van der Waals surface area contributed by atoms with Gasteiger partial charge in [0.15, 0.2) is 5.58 Å². The van der Waals surface area contributed by atoms with E-state index in [0.717, 1.165) is 11.8 Å². The van der Waals surface area contributed by atoms with Crippen molar-refractivity contribution in [2.75, 3.05) is 5.88 Å². The molecule has 2 rings (SSSR count). The van der Waals surface area contributed by atoms with Crippen LogP contribution in [0.1, 0.15) is 19.0 Å². The van der Waals surface area contributed by atoms with Gasteiger partial charge in [0.2, 0.25) is 5.91 Å². The average molecular weight is 267 g/mol. The van der Waals surface area contributed by atoms with Crippen molar-refractivity contribution in [1.29, 1.82) is 0 Å². The van der Waals surface area contributed by atoms with Crippen molar-refractivity contribution in [3.63, 3.8) is 0 Å². The minimum atomic E-state index is -0.0819. The SMILES string of the molecule is CCC(CCl)NC(=O)Cc1noc2ccccc12. The molecule has 1 unspecified atom stereocenters. The molecular formula is C13H15ClN2O2. The van der Waals surface area contributed by atoms with Gasteiger partial charge in [-0.2, -0.15) is 0 Å². The van der Waals surface area contributed by atoms with Gasteiger partial charge in [0.05, 0.1) is 6.42 Å². The van der Waals surface area contributed by atoms with Crippen molar-refractivity contribution < 1.29 is 9.32 Å². The van der Waals surface area contributed by atoms with Crippen molar-refractivity contribution in [3.05, 3.63) is 30.0 Å². The monoisotopic (exact) mass is 266 g/mol. The summed E-state index contributed by atoms with van der Waals surface area (Å²) >= 11 is 5.74. The molecule has 1 aromatic heterocycles. The fraction of sp³-hybridized carbons (Fsp3) is 0.385. The molecule has 0 bridgehead atoms. The van der Waals surface area contributed by atoms with E-state index in [-0.39, 0.29) is 18.4 Å². The van der Waals surface area contributed by atoms with Crippen LogP contribution in [-0.4, -0.2) is 23.0 Å². The lowest BCUT2D eigenvalue weighted by atomic mass is 10.1. The molecule has 0 aliphatic carbocycles. The van der Waals surface area contributed by atoms with Gasteiger partial charge in [0.1, 0.15) is 5.69 Å². The maximum atomic E-state index is 11.8. The van der Waals surface area contributed by atoms with Crippen LogP contribution in [0.25, 0.3) is 11.0 Å². The van der Waals surface area contributed by atoms with Gasteiger partial charge in [-0.15, -0.1) is 11.6 Å². The summed E-state index contributed by atoms with van der Waals surface area (Å²) in [7, 11) is 0. The summed E-state index contributed by atoms with van der Waals surface area (Å²) in [5, 5.41) is 7.67. The third-order valence-corrected chi connectivity index (χ3v) is 3.20. The van der Waals surface area contributed by atoms with Gasteiger partial charge >= 0.3 is 0 Å². The standard InChI is InChI=1S/C13H15ClN2O2/c1-2-9(8-14)15-13(17)7-11-10-5-3-4-6-12(10)18-16-11/h3-6,9H,2,7-8H2,1H3,(H,15,17). The molecule has 0 spiro atoms. The van der Waals surface area contributed by atoms with Crippen LogP contribution in [0.15, 0.2) is 28.8 Å². The summed E-state index contributed by atoms with van der Waals surface area (Å²) in [6, 6.07) is 7.51. The highest BCUT2D eigenvalue weighted by molar-refractivity contribution is 6.18. The first kappa shape index (κ1) is 12.9. The minimum absolute atomic E-state index is 0.0114. The molecule has 1 aromatic carbocycles. The van der Waals surface area contributed by atoms with E-state index < -0.39 is 0 Å². The fourth-order valence-corrected chi connectivity index (χ4v) is 2.04. The number of carbonyl (C=O) groups is 1. The van der Waals surface area contributed by atoms with Crippen LogP contribution in [0.3, 0.4) is 0 Å². The molecule has 18 heavy (non-hydrogen) atoms. The van der Waals surface area contributed by atoms with Gasteiger partial charge in [0.25, 0.3) is 0 Å².